The summed E-state index contributed by atoms with van der Waals surface area (Å²) in [7, 11) is 0. The van der Waals surface area contributed by atoms with E-state index in [1.54, 1.807) is 4.90 Å². The van der Waals surface area contributed by atoms with Crippen molar-refractivity contribution in [3.63, 3.8) is 0 Å². The van der Waals surface area contributed by atoms with Gasteiger partial charge in [0.2, 0.25) is 5.91 Å². The lowest BCUT2D eigenvalue weighted by atomic mass is 10.1. The largest absolute Gasteiger partial charge is 0.477 e. The lowest BCUT2D eigenvalue weighted by Crippen LogP contribution is -2.42. The number of carboxylic acids is 1. The number of benzene rings is 2. The van der Waals surface area contributed by atoms with Gasteiger partial charge in [-0.2, -0.15) is 13.2 Å². The van der Waals surface area contributed by atoms with Gasteiger partial charge < -0.3 is 10.0 Å². The first kappa shape index (κ1) is 23.9. The van der Waals surface area contributed by atoms with Crippen LogP contribution in [0.5, 0.6) is 0 Å². The van der Waals surface area contributed by atoms with Crippen LogP contribution < -0.4 is 16.1 Å². The molecule has 0 aliphatic carbocycles. The molecule has 0 atom stereocenters. The minimum atomic E-state index is -5.11. The smallest absolute Gasteiger partial charge is 0.419 e. The van der Waals surface area contributed by atoms with Crippen LogP contribution in [0.25, 0.3) is 5.69 Å². The Balaban J connectivity index is 1.84. The zero-order chi connectivity index (χ0) is 25.5. The molecular formula is C23H17F4N3O5. The van der Waals surface area contributed by atoms with Gasteiger partial charge in [0, 0.05) is 24.8 Å². The van der Waals surface area contributed by atoms with Gasteiger partial charge in [-0.1, -0.05) is 12.1 Å². The second-order valence-electron chi connectivity index (χ2n) is 7.83. The molecule has 182 valence electrons. The number of nitrogens with zero attached hydrogens (tertiary/aromatic N) is 3. The molecule has 0 spiro atoms. The summed E-state index contributed by atoms with van der Waals surface area (Å²) in [5.41, 5.74) is -5.04. The van der Waals surface area contributed by atoms with Gasteiger partial charge in [0.05, 0.1) is 17.8 Å². The van der Waals surface area contributed by atoms with E-state index in [-0.39, 0.29) is 11.6 Å². The number of alkyl halides is 3. The minimum Gasteiger partial charge on any atom is -0.477 e. The van der Waals surface area contributed by atoms with Crippen LogP contribution >= 0.6 is 0 Å². The highest BCUT2D eigenvalue weighted by Crippen LogP contribution is 2.34. The topological polar surface area (TPSA) is 102 Å². The van der Waals surface area contributed by atoms with Gasteiger partial charge in [-0.25, -0.2) is 14.0 Å². The van der Waals surface area contributed by atoms with Crippen LogP contribution in [0.2, 0.25) is 0 Å². The summed E-state index contributed by atoms with van der Waals surface area (Å²) in [6.45, 7) is -0.493. The van der Waals surface area contributed by atoms with Crippen molar-refractivity contribution < 1.29 is 32.3 Å². The number of anilines is 1. The molecule has 1 aliphatic heterocycles. The fourth-order valence-corrected chi connectivity index (χ4v) is 3.98. The first-order chi connectivity index (χ1) is 16.5. The number of hydrogen-bond acceptors (Lipinski definition) is 4. The number of aromatic carboxylic acids is 1. The van der Waals surface area contributed by atoms with Crippen LogP contribution in [-0.4, -0.2) is 32.7 Å². The highest BCUT2D eigenvalue weighted by molar-refractivity contribution is 5.95. The Labute approximate surface area is 194 Å². The van der Waals surface area contributed by atoms with E-state index < -0.39 is 52.4 Å². The third kappa shape index (κ3) is 4.46. The van der Waals surface area contributed by atoms with Crippen molar-refractivity contribution in [2.24, 2.45) is 0 Å². The number of amides is 1. The minimum absolute atomic E-state index is 0.0767. The van der Waals surface area contributed by atoms with Crippen molar-refractivity contribution in [3.05, 3.63) is 92.0 Å². The number of halogens is 4. The molecule has 12 heteroatoms. The standard InChI is InChI=1S/C23H17F4N3O5/c24-17-4-1-3-13(19(17)23(25,26)27)11-30-20(32)16(21(33)34)12-29(22(30)35)15-8-6-14(7-9-15)28-10-2-5-18(28)31/h1,3-4,6-9,12H,2,5,10-11H2,(H,33,34). The number of carbonyl (C=O) groups excluding carboxylic acids is 1. The molecule has 1 amide bonds. The average molecular weight is 491 g/mol. The van der Waals surface area contributed by atoms with Crippen LogP contribution in [0.15, 0.2) is 58.3 Å². The van der Waals surface area contributed by atoms with Crippen LogP contribution in [0, 0.1) is 5.82 Å². The first-order valence-corrected chi connectivity index (χ1v) is 10.3. The lowest BCUT2D eigenvalue weighted by Gasteiger charge is -2.17. The van der Waals surface area contributed by atoms with E-state index in [0.29, 0.717) is 35.7 Å². The Morgan fingerprint density at radius 2 is 1.66 bits per heavy atom. The normalized spacial score (nSPS) is 13.9. The molecule has 1 saturated heterocycles. The second kappa shape index (κ2) is 8.85. The van der Waals surface area contributed by atoms with E-state index >= 15 is 0 Å². The van der Waals surface area contributed by atoms with Crippen molar-refractivity contribution in [1.82, 2.24) is 9.13 Å². The Hall–Kier alpha value is -4.22. The Morgan fingerprint density at radius 1 is 1.00 bits per heavy atom. The molecular weight excluding hydrogens is 474 g/mol. The maximum Gasteiger partial charge on any atom is 0.419 e. The third-order valence-electron chi connectivity index (χ3n) is 5.63. The van der Waals surface area contributed by atoms with Gasteiger partial charge in [-0.3, -0.25) is 18.7 Å². The maximum atomic E-state index is 14.0. The van der Waals surface area contributed by atoms with Gasteiger partial charge in [0.25, 0.3) is 5.56 Å². The molecule has 2 heterocycles. The summed E-state index contributed by atoms with van der Waals surface area (Å²) in [5.74, 6) is -3.37. The van der Waals surface area contributed by atoms with Gasteiger partial charge in [0.1, 0.15) is 11.4 Å². The Kier molecular flexibility index (Phi) is 6.05. The monoisotopic (exact) mass is 491 g/mol. The lowest BCUT2D eigenvalue weighted by molar-refractivity contribution is -0.140. The Bertz CT molecular complexity index is 1440. The summed E-state index contributed by atoms with van der Waals surface area (Å²) < 4.78 is 55.4. The van der Waals surface area contributed by atoms with Gasteiger partial charge in [0.15, 0.2) is 0 Å². The van der Waals surface area contributed by atoms with E-state index in [1.165, 1.54) is 24.3 Å². The quantitative estimate of drug-likeness (QED) is 0.553. The average Bonchev–Trinajstić information content (AvgIpc) is 3.21. The summed E-state index contributed by atoms with van der Waals surface area (Å²) in [5, 5.41) is 9.45. The molecule has 8 nitrogen and oxygen atoms in total. The zero-order valence-electron chi connectivity index (χ0n) is 17.9. The SMILES string of the molecule is O=C(O)c1cn(-c2ccc(N3CCCC3=O)cc2)c(=O)n(Cc2cccc(F)c2C(F)(F)F)c1=O. The molecule has 1 N–H and O–H groups in total. The van der Waals surface area contributed by atoms with Crippen molar-refractivity contribution in [3.8, 4) is 5.69 Å². The van der Waals surface area contributed by atoms with E-state index in [4.69, 9.17) is 0 Å². The molecule has 0 saturated carbocycles. The highest BCUT2D eigenvalue weighted by atomic mass is 19.4. The second-order valence-corrected chi connectivity index (χ2v) is 7.83. The molecule has 1 aliphatic rings. The molecule has 1 aromatic heterocycles. The van der Waals surface area contributed by atoms with E-state index in [0.717, 1.165) is 22.9 Å². The summed E-state index contributed by atoms with van der Waals surface area (Å²) in [6, 6.07) is 8.34. The van der Waals surface area contributed by atoms with Crippen molar-refractivity contribution in [2.45, 2.75) is 25.6 Å². The van der Waals surface area contributed by atoms with Crippen molar-refractivity contribution in [1.29, 1.82) is 0 Å². The zero-order valence-corrected chi connectivity index (χ0v) is 17.9. The molecule has 0 radical (unpaired) electrons. The van der Waals surface area contributed by atoms with Gasteiger partial charge >= 0.3 is 17.8 Å². The van der Waals surface area contributed by atoms with Crippen molar-refractivity contribution in [2.75, 3.05) is 11.4 Å². The molecule has 35 heavy (non-hydrogen) atoms. The fourth-order valence-electron chi connectivity index (χ4n) is 3.98. The molecule has 0 unspecified atom stereocenters. The molecule has 4 rings (SSSR count). The molecule has 1 fully saturated rings. The van der Waals surface area contributed by atoms with Crippen LogP contribution in [0.3, 0.4) is 0 Å². The van der Waals surface area contributed by atoms with E-state index in [1.807, 2.05) is 0 Å². The summed E-state index contributed by atoms with van der Waals surface area (Å²) >= 11 is 0. The van der Waals surface area contributed by atoms with E-state index in [9.17, 15) is 41.8 Å². The maximum absolute atomic E-state index is 14.0. The van der Waals surface area contributed by atoms with Crippen molar-refractivity contribution >= 4 is 17.6 Å². The van der Waals surface area contributed by atoms with Crippen LogP contribution in [0.1, 0.15) is 34.3 Å². The Morgan fingerprint density at radius 3 is 2.23 bits per heavy atom. The number of carbonyl (C=O) groups is 2. The first-order valence-electron chi connectivity index (χ1n) is 10.3. The van der Waals surface area contributed by atoms with Gasteiger partial charge in [-0.05, 0) is 42.3 Å². The molecule has 3 aromatic rings. The molecule has 0 bridgehead atoms. The summed E-state index contributed by atoms with van der Waals surface area (Å²) in [6.07, 6.45) is -3.26. The third-order valence-corrected chi connectivity index (χ3v) is 5.63. The predicted octanol–water partition coefficient (Wildman–Crippen LogP) is 3.03. The number of aromatic nitrogens is 2. The van der Waals surface area contributed by atoms with Crippen LogP contribution in [-0.2, 0) is 17.5 Å². The van der Waals surface area contributed by atoms with Crippen LogP contribution in [0.4, 0.5) is 23.2 Å². The predicted molar refractivity (Wildman–Crippen MR) is 115 cm³/mol. The fraction of sp³-hybridized carbons (Fsp3) is 0.217. The number of rotatable bonds is 5. The highest BCUT2D eigenvalue weighted by Gasteiger charge is 2.37. The summed E-state index contributed by atoms with van der Waals surface area (Å²) in [4.78, 5) is 50.9. The number of hydrogen-bond donors (Lipinski definition) is 1. The van der Waals surface area contributed by atoms with Gasteiger partial charge in [-0.15, -0.1) is 0 Å². The molecule has 2 aromatic carbocycles. The van der Waals surface area contributed by atoms with E-state index in [2.05, 4.69) is 0 Å². The number of carboxylic acid groups (broad SMARTS) is 1.